The summed E-state index contributed by atoms with van der Waals surface area (Å²) in [6.45, 7) is 6.22. The Kier molecular flexibility index (Phi) is 6.50. The van der Waals surface area contributed by atoms with Crippen LogP contribution in [0.4, 0.5) is 0 Å². The average Bonchev–Trinajstić information content (AvgIpc) is 2.30. The first-order valence-electron chi connectivity index (χ1n) is 5.96. The van der Waals surface area contributed by atoms with E-state index in [-0.39, 0.29) is 6.04 Å². The van der Waals surface area contributed by atoms with Crippen LogP contribution in [0.2, 0.25) is 0 Å². The minimum absolute atomic E-state index is 0.273. The highest BCUT2D eigenvalue weighted by atomic mass is 16.5. The van der Waals surface area contributed by atoms with Crippen LogP contribution in [0.3, 0.4) is 0 Å². The average molecular weight is 239 g/mol. The van der Waals surface area contributed by atoms with E-state index in [2.05, 4.69) is 22.2 Å². The normalized spacial score (nSPS) is 12.4. The van der Waals surface area contributed by atoms with Crippen molar-refractivity contribution in [3.63, 3.8) is 0 Å². The molecule has 96 valence electrons. The summed E-state index contributed by atoms with van der Waals surface area (Å²) in [6.07, 6.45) is 2.35. The molecule has 0 fully saturated rings. The van der Waals surface area contributed by atoms with Crippen LogP contribution in [0.1, 0.15) is 19.5 Å². The summed E-state index contributed by atoms with van der Waals surface area (Å²) >= 11 is 0. The van der Waals surface area contributed by atoms with Crippen LogP contribution in [0.25, 0.3) is 0 Å². The lowest BCUT2D eigenvalue weighted by Crippen LogP contribution is -2.35. The van der Waals surface area contributed by atoms with Crippen LogP contribution < -0.4 is 10.1 Å². The summed E-state index contributed by atoms with van der Waals surface area (Å²) in [5.74, 6) is 0.630. The van der Waals surface area contributed by atoms with Crippen molar-refractivity contribution in [2.45, 2.75) is 26.3 Å². The van der Waals surface area contributed by atoms with Crippen molar-refractivity contribution in [2.24, 2.45) is 0 Å². The Morgan fingerprint density at radius 1 is 1.35 bits per heavy atom. The van der Waals surface area contributed by atoms with Crippen molar-refractivity contribution in [1.82, 2.24) is 15.3 Å². The maximum absolute atomic E-state index is 5.35. The maximum Gasteiger partial charge on any atom is 0.216 e. The Hall–Kier alpha value is -1.20. The molecule has 0 aliphatic rings. The lowest BCUT2D eigenvalue weighted by Gasteiger charge is -2.16. The van der Waals surface area contributed by atoms with Gasteiger partial charge < -0.3 is 14.8 Å². The summed E-state index contributed by atoms with van der Waals surface area (Å²) < 4.78 is 10.5. The zero-order chi connectivity index (χ0) is 12.5. The van der Waals surface area contributed by atoms with Gasteiger partial charge in [-0.2, -0.15) is 0 Å². The second kappa shape index (κ2) is 7.97. The van der Waals surface area contributed by atoms with Crippen molar-refractivity contribution >= 4 is 0 Å². The molecular weight excluding hydrogens is 218 g/mol. The zero-order valence-corrected chi connectivity index (χ0v) is 10.8. The van der Waals surface area contributed by atoms with Gasteiger partial charge in [0.15, 0.2) is 0 Å². The van der Waals surface area contributed by atoms with Crippen LogP contribution >= 0.6 is 0 Å². The highest BCUT2D eigenvalue weighted by Gasteiger charge is 2.09. The van der Waals surface area contributed by atoms with Crippen LogP contribution in [0, 0.1) is 0 Å². The topological polar surface area (TPSA) is 56.3 Å². The van der Waals surface area contributed by atoms with Gasteiger partial charge in [0, 0.05) is 31.3 Å². The van der Waals surface area contributed by atoms with Crippen molar-refractivity contribution in [2.75, 3.05) is 26.9 Å². The molecule has 0 aliphatic carbocycles. The van der Waals surface area contributed by atoms with Crippen molar-refractivity contribution < 1.29 is 9.47 Å². The fraction of sp³-hybridized carbons (Fsp3) is 0.667. The molecule has 17 heavy (non-hydrogen) atoms. The minimum atomic E-state index is 0.273. The smallest absolute Gasteiger partial charge is 0.216 e. The van der Waals surface area contributed by atoms with E-state index >= 15 is 0 Å². The fourth-order valence-corrected chi connectivity index (χ4v) is 1.65. The second-order valence-corrected chi connectivity index (χ2v) is 3.69. The summed E-state index contributed by atoms with van der Waals surface area (Å²) in [4.78, 5) is 8.28. The van der Waals surface area contributed by atoms with E-state index < -0.39 is 0 Å². The van der Waals surface area contributed by atoms with E-state index in [1.54, 1.807) is 7.11 Å². The van der Waals surface area contributed by atoms with E-state index in [4.69, 9.17) is 9.47 Å². The number of hydrogen-bond acceptors (Lipinski definition) is 5. The van der Waals surface area contributed by atoms with Gasteiger partial charge in [-0.05, 0) is 13.5 Å². The molecule has 0 saturated carbocycles. The fourth-order valence-electron chi connectivity index (χ4n) is 1.65. The van der Waals surface area contributed by atoms with Gasteiger partial charge in [-0.1, -0.05) is 6.92 Å². The largest absolute Gasteiger partial charge is 0.478 e. The molecular formula is C12H21N3O2. The van der Waals surface area contributed by atoms with Gasteiger partial charge in [0.25, 0.3) is 0 Å². The van der Waals surface area contributed by atoms with Gasteiger partial charge in [0.1, 0.15) is 6.33 Å². The molecule has 1 N–H and O–H groups in total. The molecule has 0 radical (unpaired) electrons. The highest BCUT2D eigenvalue weighted by Crippen LogP contribution is 2.08. The molecule has 1 rings (SSSR count). The number of ether oxygens (including phenoxy) is 2. The number of nitrogens with zero attached hydrogens (tertiary/aromatic N) is 2. The molecule has 0 amide bonds. The molecule has 1 atom stereocenters. The molecule has 5 heteroatoms. The number of aromatic nitrogens is 2. The van der Waals surface area contributed by atoms with E-state index in [1.165, 1.54) is 6.33 Å². The Morgan fingerprint density at radius 2 is 2.18 bits per heavy atom. The molecule has 1 aromatic rings. The molecule has 0 saturated heterocycles. The Labute approximate surface area is 103 Å². The SMILES string of the molecule is CCNC(COC)Cc1cc(OCC)ncn1. The molecule has 0 bridgehead atoms. The predicted octanol–water partition coefficient (Wildman–Crippen LogP) is 1.04. The third-order valence-electron chi connectivity index (χ3n) is 2.31. The van der Waals surface area contributed by atoms with Crippen LogP contribution in [0.5, 0.6) is 5.88 Å². The molecule has 0 aliphatic heterocycles. The van der Waals surface area contributed by atoms with Crippen LogP contribution in [-0.2, 0) is 11.2 Å². The summed E-state index contributed by atoms with van der Waals surface area (Å²) in [7, 11) is 1.70. The Balaban J connectivity index is 2.60. The Bertz CT molecular complexity index is 314. The van der Waals surface area contributed by atoms with Gasteiger partial charge in [0.2, 0.25) is 5.88 Å². The summed E-state index contributed by atoms with van der Waals surface area (Å²) in [5.41, 5.74) is 0.964. The molecule has 1 unspecified atom stereocenters. The summed E-state index contributed by atoms with van der Waals surface area (Å²) in [6, 6.07) is 2.15. The monoisotopic (exact) mass is 239 g/mol. The third-order valence-corrected chi connectivity index (χ3v) is 2.31. The quantitative estimate of drug-likeness (QED) is 0.734. The molecule has 1 heterocycles. The minimum Gasteiger partial charge on any atom is -0.478 e. The van der Waals surface area contributed by atoms with Gasteiger partial charge in [0.05, 0.1) is 13.2 Å². The van der Waals surface area contributed by atoms with Crippen molar-refractivity contribution in [3.8, 4) is 5.88 Å². The number of rotatable bonds is 8. The lowest BCUT2D eigenvalue weighted by molar-refractivity contribution is 0.166. The first-order valence-corrected chi connectivity index (χ1v) is 5.96. The molecule has 0 spiro atoms. The highest BCUT2D eigenvalue weighted by molar-refractivity contribution is 5.14. The number of likely N-dealkylation sites (N-methyl/N-ethyl adjacent to an activating group) is 1. The number of hydrogen-bond donors (Lipinski definition) is 1. The van der Waals surface area contributed by atoms with E-state index in [9.17, 15) is 0 Å². The molecule has 1 aromatic heterocycles. The molecule has 5 nitrogen and oxygen atoms in total. The van der Waals surface area contributed by atoms with E-state index in [0.717, 1.165) is 18.7 Å². The first kappa shape index (κ1) is 13.9. The Morgan fingerprint density at radius 3 is 2.82 bits per heavy atom. The predicted molar refractivity (Wildman–Crippen MR) is 66.2 cm³/mol. The van der Waals surface area contributed by atoms with E-state index in [1.807, 2.05) is 13.0 Å². The van der Waals surface area contributed by atoms with Crippen molar-refractivity contribution in [1.29, 1.82) is 0 Å². The second-order valence-electron chi connectivity index (χ2n) is 3.69. The molecule has 0 aromatic carbocycles. The zero-order valence-electron chi connectivity index (χ0n) is 10.8. The first-order chi connectivity index (χ1) is 8.30. The van der Waals surface area contributed by atoms with Crippen LogP contribution in [0.15, 0.2) is 12.4 Å². The van der Waals surface area contributed by atoms with Gasteiger partial charge in [-0.15, -0.1) is 0 Å². The lowest BCUT2D eigenvalue weighted by atomic mass is 10.1. The number of nitrogens with one attached hydrogen (secondary N) is 1. The standard InChI is InChI=1S/C12H21N3O2/c1-4-13-11(8-16-3)6-10-7-12(17-5-2)15-9-14-10/h7,9,11,13H,4-6,8H2,1-3H3. The van der Waals surface area contributed by atoms with Crippen LogP contribution in [-0.4, -0.2) is 42.9 Å². The van der Waals surface area contributed by atoms with Gasteiger partial charge >= 0.3 is 0 Å². The summed E-state index contributed by atoms with van der Waals surface area (Å²) in [5, 5.41) is 3.36. The number of methoxy groups -OCH3 is 1. The maximum atomic E-state index is 5.35. The van der Waals surface area contributed by atoms with E-state index in [0.29, 0.717) is 19.1 Å². The van der Waals surface area contributed by atoms with Gasteiger partial charge in [-0.3, -0.25) is 0 Å². The van der Waals surface area contributed by atoms with Gasteiger partial charge in [-0.25, -0.2) is 9.97 Å². The third kappa shape index (κ3) is 5.10. The van der Waals surface area contributed by atoms with Crippen molar-refractivity contribution in [3.05, 3.63) is 18.1 Å².